The quantitative estimate of drug-likeness (QED) is 0.581. The lowest BCUT2D eigenvalue weighted by Crippen LogP contribution is -2.23. The van der Waals surface area contributed by atoms with Crippen molar-refractivity contribution in [3.8, 4) is 11.3 Å². The SMILES string of the molecule is Cc1c(C(=O)NCc2ccccc2F)sc2nc(-c3ccccc3)cn12. The van der Waals surface area contributed by atoms with Gasteiger partial charge in [0.05, 0.1) is 5.69 Å². The lowest BCUT2D eigenvalue weighted by Gasteiger charge is -2.05. The number of hydrogen-bond donors (Lipinski definition) is 1. The molecule has 0 atom stereocenters. The maximum absolute atomic E-state index is 13.7. The molecule has 4 nitrogen and oxygen atoms in total. The molecule has 0 spiro atoms. The first-order valence-electron chi connectivity index (χ1n) is 8.19. The van der Waals surface area contributed by atoms with Gasteiger partial charge in [-0.2, -0.15) is 0 Å². The first kappa shape index (κ1) is 16.5. The van der Waals surface area contributed by atoms with Gasteiger partial charge in [0.2, 0.25) is 0 Å². The third-order valence-electron chi connectivity index (χ3n) is 4.23. The Balaban J connectivity index is 1.57. The molecule has 0 saturated heterocycles. The normalized spacial score (nSPS) is 11.0. The second-order valence-corrected chi connectivity index (χ2v) is 6.91. The van der Waals surface area contributed by atoms with Gasteiger partial charge >= 0.3 is 0 Å². The number of aromatic nitrogens is 2. The lowest BCUT2D eigenvalue weighted by atomic mass is 10.2. The number of carbonyl (C=O) groups is 1. The molecular weight excluding hydrogens is 349 g/mol. The molecule has 1 amide bonds. The molecule has 130 valence electrons. The van der Waals surface area contributed by atoms with E-state index in [1.807, 2.05) is 47.9 Å². The fourth-order valence-electron chi connectivity index (χ4n) is 2.81. The number of rotatable bonds is 4. The van der Waals surface area contributed by atoms with Crippen molar-refractivity contribution in [2.45, 2.75) is 13.5 Å². The zero-order chi connectivity index (χ0) is 18.1. The molecule has 0 aliphatic carbocycles. The number of benzene rings is 2. The van der Waals surface area contributed by atoms with Gasteiger partial charge in [-0.05, 0) is 13.0 Å². The van der Waals surface area contributed by atoms with Crippen LogP contribution in [0.25, 0.3) is 16.2 Å². The number of imidazole rings is 1. The molecule has 0 unspecified atom stereocenters. The van der Waals surface area contributed by atoms with Crippen LogP contribution in [0, 0.1) is 12.7 Å². The lowest BCUT2D eigenvalue weighted by molar-refractivity contribution is 0.0953. The van der Waals surface area contributed by atoms with Gasteiger partial charge in [-0.3, -0.25) is 9.20 Å². The number of fused-ring (bicyclic) bond motifs is 1. The highest BCUT2D eigenvalue weighted by Crippen LogP contribution is 2.27. The maximum atomic E-state index is 13.7. The Bertz CT molecular complexity index is 1090. The average molecular weight is 365 g/mol. The highest BCUT2D eigenvalue weighted by Gasteiger charge is 2.18. The predicted molar refractivity (Wildman–Crippen MR) is 101 cm³/mol. The molecule has 4 aromatic rings. The van der Waals surface area contributed by atoms with Crippen LogP contribution in [0.15, 0.2) is 60.8 Å². The number of aryl methyl sites for hydroxylation is 1. The molecule has 6 heteroatoms. The second-order valence-electron chi connectivity index (χ2n) is 5.94. The number of carbonyl (C=O) groups excluding carboxylic acids is 1. The Labute approximate surface area is 153 Å². The van der Waals surface area contributed by atoms with Crippen LogP contribution in [0.4, 0.5) is 4.39 Å². The third-order valence-corrected chi connectivity index (χ3v) is 5.39. The van der Waals surface area contributed by atoms with Crippen LogP contribution < -0.4 is 5.32 Å². The molecular formula is C20H16FN3OS. The number of amides is 1. The number of hydrogen-bond acceptors (Lipinski definition) is 3. The van der Waals surface area contributed by atoms with Crippen LogP contribution in [0.5, 0.6) is 0 Å². The molecule has 2 heterocycles. The Morgan fingerprint density at radius 2 is 1.88 bits per heavy atom. The van der Waals surface area contributed by atoms with E-state index in [1.54, 1.807) is 18.2 Å². The summed E-state index contributed by atoms with van der Waals surface area (Å²) in [6.07, 6.45) is 1.93. The molecule has 0 saturated carbocycles. The van der Waals surface area contributed by atoms with Crippen LogP contribution in [0.2, 0.25) is 0 Å². The summed E-state index contributed by atoms with van der Waals surface area (Å²) in [5.74, 6) is -0.541. The number of nitrogens with one attached hydrogen (secondary N) is 1. The van der Waals surface area contributed by atoms with E-state index in [2.05, 4.69) is 10.3 Å². The summed E-state index contributed by atoms with van der Waals surface area (Å²) in [7, 11) is 0. The molecule has 2 aromatic heterocycles. The van der Waals surface area contributed by atoms with Crippen LogP contribution >= 0.6 is 11.3 Å². The fourth-order valence-corrected chi connectivity index (χ4v) is 3.83. The molecule has 0 radical (unpaired) electrons. The topological polar surface area (TPSA) is 46.4 Å². The van der Waals surface area contributed by atoms with Crippen LogP contribution in [-0.2, 0) is 6.54 Å². The van der Waals surface area contributed by atoms with E-state index in [1.165, 1.54) is 17.4 Å². The Hall–Kier alpha value is -2.99. The summed E-state index contributed by atoms with van der Waals surface area (Å²) in [6, 6.07) is 16.3. The van der Waals surface area contributed by atoms with E-state index in [0.29, 0.717) is 10.4 Å². The first-order valence-corrected chi connectivity index (χ1v) is 9.00. The summed E-state index contributed by atoms with van der Waals surface area (Å²) in [5.41, 5.74) is 3.20. The minimum absolute atomic E-state index is 0.153. The monoisotopic (exact) mass is 365 g/mol. The van der Waals surface area contributed by atoms with Crippen molar-refractivity contribution in [2.75, 3.05) is 0 Å². The maximum Gasteiger partial charge on any atom is 0.263 e. The van der Waals surface area contributed by atoms with Gasteiger partial charge in [-0.15, -0.1) is 0 Å². The van der Waals surface area contributed by atoms with E-state index in [0.717, 1.165) is 21.9 Å². The predicted octanol–water partition coefficient (Wildman–Crippen LogP) is 4.44. The zero-order valence-electron chi connectivity index (χ0n) is 14.1. The van der Waals surface area contributed by atoms with Crippen molar-refractivity contribution in [1.82, 2.24) is 14.7 Å². The van der Waals surface area contributed by atoms with Crippen molar-refractivity contribution in [3.05, 3.63) is 82.7 Å². The smallest absolute Gasteiger partial charge is 0.263 e. The molecule has 0 aliphatic heterocycles. The summed E-state index contributed by atoms with van der Waals surface area (Å²) < 4.78 is 15.6. The minimum Gasteiger partial charge on any atom is -0.347 e. The first-order chi connectivity index (χ1) is 12.6. The highest BCUT2D eigenvalue weighted by molar-refractivity contribution is 7.19. The van der Waals surface area contributed by atoms with Crippen molar-refractivity contribution in [2.24, 2.45) is 0 Å². The van der Waals surface area contributed by atoms with E-state index in [4.69, 9.17) is 0 Å². The summed E-state index contributed by atoms with van der Waals surface area (Å²) in [5, 5.41) is 2.78. The Kier molecular flexibility index (Phi) is 4.26. The van der Waals surface area contributed by atoms with Gasteiger partial charge in [-0.25, -0.2) is 9.37 Å². The van der Waals surface area contributed by atoms with E-state index in [9.17, 15) is 9.18 Å². The number of halogens is 1. The van der Waals surface area contributed by atoms with Crippen LogP contribution in [0.3, 0.4) is 0 Å². The number of thiazole rings is 1. The van der Waals surface area contributed by atoms with Gasteiger partial charge in [0.1, 0.15) is 10.7 Å². The average Bonchev–Trinajstić information content (AvgIpc) is 3.21. The molecule has 0 aliphatic rings. The molecule has 0 fully saturated rings. The Morgan fingerprint density at radius 1 is 1.15 bits per heavy atom. The molecule has 0 bridgehead atoms. The van der Waals surface area contributed by atoms with Gasteiger partial charge in [0.15, 0.2) is 4.96 Å². The summed E-state index contributed by atoms with van der Waals surface area (Å²) in [6.45, 7) is 2.04. The van der Waals surface area contributed by atoms with E-state index >= 15 is 0 Å². The molecule has 1 N–H and O–H groups in total. The standard InChI is InChI=1S/C20H16FN3OS/c1-13-18(19(25)22-11-15-9-5-6-10-16(15)21)26-20-23-17(12-24(13)20)14-7-3-2-4-8-14/h2-10,12H,11H2,1H3,(H,22,25). The minimum atomic E-state index is -0.321. The molecule has 2 aromatic carbocycles. The van der Waals surface area contributed by atoms with Crippen molar-refractivity contribution < 1.29 is 9.18 Å². The van der Waals surface area contributed by atoms with Crippen molar-refractivity contribution in [1.29, 1.82) is 0 Å². The zero-order valence-corrected chi connectivity index (χ0v) is 14.9. The molecule has 26 heavy (non-hydrogen) atoms. The van der Waals surface area contributed by atoms with Gasteiger partial charge < -0.3 is 5.32 Å². The van der Waals surface area contributed by atoms with Gasteiger partial charge in [0.25, 0.3) is 5.91 Å². The van der Waals surface area contributed by atoms with Gasteiger partial charge in [-0.1, -0.05) is 59.9 Å². The molecule has 4 rings (SSSR count). The van der Waals surface area contributed by atoms with E-state index < -0.39 is 0 Å². The number of nitrogens with zero attached hydrogens (tertiary/aromatic N) is 2. The Morgan fingerprint density at radius 3 is 2.62 bits per heavy atom. The summed E-state index contributed by atoms with van der Waals surface area (Å²) in [4.78, 5) is 18.5. The highest BCUT2D eigenvalue weighted by atomic mass is 32.1. The van der Waals surface area contributed by atoms with Crippen LogP contribution in [0.1, 0.15) is 20.9 Å². The summed E-state index contributed by atoms with van der Waals surface area (Å²) >= 11 is 1.33. The largest absolute Gasteiger partial charge is 0.347 e. The van der Waals surface area contributed by atoms with Crippen molar-refractivity contribution >= 4 is 22.2 Å². The van der Waals surface area contributed by atoms with E-state index in [-0.39, 0.29) is 18.3 Å². The van der Waals surface area contributed by atoms with Crippen molar-refractivity contribution in [3.63, 3.8) is 0 Å². The third kappa shape index (κ3) is 2.99. The second kappa shape index (κ2) is 6.72. The van der Waals surface area contributed by atoms with Gasteiger partial charge in [0, 0.05) is 29.6 Å². The fraction of sp³-hybridized carbons (Fsp3) is 0.100. The van der Waals surface area contributed by atoms with Crippen LogP contribution in [-0.4, -0.2) is 15.3 Å².